The Bertz CT molecular complexity index is 483. The van der Waals surface area contributed by atoms with Crippen LogP contribution in [0.3, 0.4) is 0 Å². The van der Waals surface area contributed by atoms with Gasteiger partial charge in [-0.2, -0.15) is 0 Å². The maximum Gasteiger partial charge on any atom is 0.123 e. The maximum absolute atomic E-state index is 13.0. The van der Waals surface area contributed by atoms with E-state index in [1.807, 2.05) is 19.2 Å². The van der Waals surface area contributed by atoms with E-state index in [4.69, 9.17) is 0 Å². The van der Waals surface area contributed by atoms with Crippen LogP contribution in [0.1, 0.15) is 20.3 Å². The van der Waals surface area contributed by atoms with Crippen molar-refractivity contribution in [2.45, 2.75) is 18.2 Å². The first-order valence-electron chi connectivity index (χ1n) is 4.96. The van der Waals surface area contributed by atoms with Gasteiger partial charge in [-0.3, -0.25) is 0 Å². The molecule has 0 fully saturated rings. The van der Waals surface area contributed by atoms with E-state index in [1.165, 1.54) is 10.9 Å². The molecule has 1 atom stereocenters. The van der Waals surface area contributed by atoms with Crippen LogP contribution in [0.15, 0.2) is 30.5 Å². The van der Waals surface area contributed by atoms with E-state index >= 15 is 0 Å². The summed E-state index contributed by atoms with van der Waals surface area (Å²) in [6.45, 7) is 1.98. The van der Waals surface area contributed by atoms with Crippen LogP contribution in [-0.4, -0.2) is 4.98 Å². The molecule has 0 saturated carbocycles. The molecule has 0 aliphatic heterocycles. The molecule has 0 amide bonds. The highest BCUT2D eigenvalue weighted by molar-refractivity contribution is 9.09. The van der Waals surface area contributed by atoms with Crippen molar-refractivity contribution in [3.63, 3.8) is 0 Å². The summed E-state index contributed by atoms with van der Waals surface area (Å²) in [6.07, 6.45) is 2.65. The summed E-state index contributed by atoms with van der Waals surface area (Å²) in [4.78, 5) is 5.60. The summed E-state index contributed by atoms with van der Waals surface area (Å²) >= 11 is 5.28. The van der Waals surface area contributed by atoms with E-state index in [0.717, 1.165) is 17.0 Å². The third kappa shape index (κ3) is 2.89. The Kier molecular flexibility index (Phi) is 3.71. The predicted octanol–water partition coefficient (Wildman–Crippen LogP) is 4.27. The lowest BCUT2D eigenvalue weighted by Gasteiger charge is -2.06. The minimum atomic E-state index is -0.183. The lowest BCUT2D eigenvalue weighted by molar-refractivity contribution is 0.625. The average Bonchev–Trinajstić information content (AvgIpc) is 2.65. The van der Waals surface area contributed by atoms with Gasteiger partial charge in [-0.1, -0.05) is 28.1 Å². The summed E-state index contributed by atoms with van der Waals surface area (Å²) in [7, 11) is 0. The number of hydrogen-bond donors (Lipinski definition) is 0. The summed E-state index contributed by atoms with van der Waals surface area (Å²) in [5.74, 6) is -0.183. The minimum Gasteiger partial charge on any atom is -0.250 e. The molecule has 0 saturated heterocycles. The molecule has 0 bridgehead atoms. The number of hydrogen-bond acceptors (Lipinski definition) is 2. The standard InChI is InChI=1S/C12H11BrFNS/c1-8-15-7-12(16-8)11(13)6-9-3-2-4-10(14)5-9/h2-5,7,11H,6H2,1H3. The molecular formula is C12H11BrFNS. The summed E-state index contributed by atoms with van der Waals surface area (Å²) in [5.41, 5.74) is 0.993. The third-order valence-electron chi connectivity index (χ3n) is 2.25. The van der Waals surface area contributed by atoms with Crippen LogP contribution in [0.25, 0.3) is 0 Å². The molecule has 1 nitrogen and oxygen atoms in total. The summed E-state index contributed by atoms with van der Waals surface area (Å²) in [6, 6.07) is 6.71. The van der Waals surface area contributed by atoms with Crippen LogP contribution < -0.4 is 0 Å². The molecule has 1 unspecified atom stereocenters. The Hall–Kier alpha value is -0.740. The molecule has 0 aliphatic carbocycles. The fraction of sp³-hybridized carbons (Fsp3) is 0.250. The van der Waals surface area contributed by atoms with Gasteiger partial charge in [0.25, 0.3) is 0 Å². The van der Waals surface area contributed by atoms with Crippen molar-refractivity contribution in [3.8, 4) is 0 Å². The van der Waals surface area contributed by atoms with Crippen molar-refractivity contribution in [1.29, 1.82) is 0 Å². The second-order valence-electron chi connectivity index (χ2n) is 3.58. The average molecular weight is 300 g/mol. The highest BCUT2D eigenvalue weighted by Gasteiger charge is 2.11. The number of thiazole rings is 1. The van der Waals surface area contributed by atoms with Gasteiger partial charge in [-0.25, -0.2) is 9.37 Å². The molecule has 0 radical (unpaired) electrons. The summed E-state index contributed by atoms with van der Waals surface area (Å²) in [5, 5.41) is 1.05. The van der Waals surface area contributed by atoms with Crippen molar-refractivity contribution in [1.82, 2.24) is 4.98 Å². The second kappa shape index (κ2) is 5.06. The van der Waals surface area contributed by atoms with Crippen molar-refractivity contribution in [2.24, 2.45) is 0 Å². The van der Waals surface area contributed by atoms with Crippen molar-refractivity contribution >= 4 is 27.3 Å². The fourth-order valence-electron chi connectivity index (χ4n) is 1.49. The van der Waals surface area contributed by atoms with Crippen LogP contribution in [0.5, 0.6) is 0 Å². The molecule has 0 aliphatic rings. The molecule has 2 rings (SSSR count). The smallest absolute Gasteiger partial charge is 0.123 e. The van der Waals surface area contributed by atoms with Gasteiger partial charge in [-0.05, 0) is 31.0 Å². The van der Waals surface area contributed by atoms with E-state index in [1.54, 1.807) is 23.5 Å². The minimum absolute atomic E-state index is 0.183. The van der Waals surface area contributed by atoms with E-state index in [0.29, 0.717) is 0 Å². The Morgan fingerprint density at radius 3 is 2.94 bits per heavy atom. The molecule has 1 aromatic carbocycles. The molecule has 0 N–H and O–H groups in total. The largest absolute Gasteiger partial charge is 0.250 e. The molecule has 2 aromatic rings. The van der Waals surface area contributed by atoms with Gasteiger partial charge >= 0.3 is 0 Å². The van der Waals surface area contributed by atoms with E-state index < -0.39 is 0 Å². The van der Waals surface area contributed by atoms with Gasteiger partial charge in [0.05, 0.1) is 9.83 Å². The van der Waals surface area contributed by atoms with Crippen LogP contribution >= 0.6 is 27.3 Å². The first kappa shape index (κ1) is 11.7. The van der Waals surface area contributed by atoms with Crippen molar-refractivity contribution in [3.05, 3.63) is 51.7 Å². The van der Waals surface area contributed by atoms with Gasteiger partial charge in [0, 0.05) is 11.1 Å². The van der Waals surface area contributed by atoms with E-state index in [2.05, 4.69) is 20.9 Å². The number of benzene rings is 1. The number of aryl methyl sites for hydroxylation is 1. The Morgan fingerprint density at radius 2 is 2.31 bits per heavy atom. The monoisotopic (exact) mass is 299 g/mol. The number of aromatic nitrogens is 1. The Labute approximate surface area is 106 Å². The van der Waals surface area contributed by atoms with Gasteiger partial charge < -0.3 is 0 Å². The van der Waals surface area contributed by atoms with Gasteiger partial charge in [-0.15, -0.1) is 11.3 Å². The van der Waals surface area contributed by atoms with Crippen molar-refractivity contribution in [2.75, 3.05) is 0 Å². The first-order valence-corrected chi connectivity index (χ1v) is 6.69. The second-order valence-corrected chi connectivity index (χ2v) is 5.95. The van der Waals surface area contributed by atoms with Crippen LogP contribution in [0.4, 0.5) is 4.39 Å². The number of alkyl halides is 1. The van der Waals surface area contributed by atoms with Crippen LogP contribution in [-0.2, 0) is 6.42 Å². The lowest BCUT2D eigenvalue weighted by Crippen LogP contribution is -1.93. The van der Waals surface area contributed by atoms with Crippen LogP contribution in [0.2, 0.25) is 0 Å². The molecule has 0 spiro atoms. The zero-order valence-electron chi connectivity index (χ0n) is 8.78. The number of nitrogens with zero attached hydrogens (tertiary/aromatic N) is 1. The maximum atomic E-state index is 13.0. The first-order chi connectivity index (χ1) is 7.65. The Morgan fingerprint density at radius 1 is 1.50 bits per heavy atom. The highest BCUT2D eigenvalue weighted by atomic mass is 79.9. The number of halogens is 2. The molecule has 16 heavy (non-hydrogen) atoms. The molecule has 1 aromatic heterocycles. The third-order valence-corrected chi connectivity index (χ3v) is 4.40. The SMILES string of the molecule is Cc1ncc(C(Br)Cc2cccc(F)c2)s1. The zero-order valence-corrected chi connectivity index (χ0v) is 11.2. The lowest BCUT2D eigenvalue weighted by atomic mass is 10.1. The predicted molar refractivity (Wildman–Crippen MR) is 68.6 cm³/mol. The topological polar surface area (TPSA) is 12.9 Å². The molecular weight excluding hydrogens is 289 g/mol. The number of rotatable bonds is 3. The zero-order chi connectivity index (χ0) is 11.5. The van der Waals surface area contributed by atoms with Gasteiger partial charge in [0.2, 0.25) is 0 Å². The van der Waals surface area contributed by atoms with E-state index in [-0.39, 0.29) is 10.6 Å². The normalized spacial score (nSPS) is 12.7. The fourth-order valence-corrected chi connectivity index (χ4v) is 3.03. The van der Waals surface area contributed by atoms with Crippen LogP contribution in [0, 0.1) is 12.7 Å². The molecule has 84 valence electrons. The quantitative estimate of drug-likeness (QED) is 0.771. The molecule has 4 heteroatoms. The van der Waals surface area contributed by atoms with Gasteiger partial charge in [0.1, 0.15) is 5.82 Å². The Balaban J connectivity index is 2.10. The summed E-state index contributed by atoms with van der Waals surface area (Å²) < 4.78 is 13.0. The molecule has 1 heterocycles. The highest BCUT2D eigenvalue weighted by Crippen LogP contribution is 2.30. The van der Waals surface area contributed by atoms with E-state index in [9.17, 15) is 4.39 Å². The van der Waals surface area contributed by atoms with Crippen molar-refractivity contribution < 1.29 is 4.39 Å². The van der Waals surface area contributed by atoms with Gasteiger partial charge in [0.15, 0.2) is 0 Å².